The van der Waals surface area contributed by atoms with Gasteiger partial charge < -0.3 is 4.74 Å². The van der Waals surface area contributed by atoms with Crippen LogP contribution in [0.3, 0.4) is 0 Å². The van der Waals surface area contributed by atoms with Gasteiger partial charge in [-0.05, 0) is 19.1 Å². The van der Waals surface area contributed by atoms with E-state index < -0.39 is 0 Å². The van der Waals surface area contributed by atoms with Crippen LogP contribution in [0.1, 0.15) is 15.9 Å². The zero-order valence-electron chi connectivity index (χ0n) is 10.3. The number of rotatable bonds is 4. The Hall–Kier alpha value is -1.51. The molecule has 0 radical (unpaired) electrons. The van der Waals surface area contributed by atoms with Crippen LogP contribution in [-0.2, 0) is 0 Å². The van der Waals surface area contributed by atoms with Gasteiger partial charge >= 0.3 is 0 Å². The molecule has 0 unspecified atom stereocenters. The van der Waals surface area contributed by atoms with Crippen molar-refractivity contribution in [1.82, 2.24) is 0 Å². The van der Waals surface area contributed by atoms with E-state index in [1.54, 1.807) is 30.3 Å². The standard InChI is InChI=1S/C15H12Cl2O2/c1-10-5-7-11(8-6-10)13(18)9-19-14-4-2-3-12(16)15(14)17/h2-8H,9H2,1H3. The molecule has 19 heavy (non-hydrogen) atoms. The second kappa shape index (κ2) is 6.09. The highest BCUT2D eigenvalue weighted by atomic mass is 35.5. The van der Waals surface area contributed by atoms with Gasteiger partial charge in [-0.3, -0.25) is 4.79 Å². The van der Waals surface area contributed by atoms with E-state index in [-0.39, 0.29) is 12.4 Å². The van der Waals surface area contributed by atoms with Gasteiger partial charge in [0.25, 0.3) is 0 Å². The van der Waals surface area contributed by atoms with Crippen LogP contribution >= 0.6 is 23.2 Å². The lowest BCUT2D eigenvalue weighted by molar-refractivity contribution is 0.0921. The maximum absolute atomic E-state index is 11.9. The van der Waals surface area contributed by atoms with Crippen LogP contribution in [0.2, 0.25) is 10.0 Å². The fourth-order valence-corrected chi connectivity index (χ4v) is 1.91. The molecule has 98 valence electrons. The molecule has 0 aliphatic heterocycles. The van der Waals surface area contributed by atoms with Crippen molar-refractivity contribution in [2.24, 2.45) is 0 Å². The van der Waals surface area contributed by atoms with Crippen molar-refractivity contribution in [3.63, 3.8) is 0 Å². The largest absolute Gasteiger partial charge is 0.484 e. The summed E-state index contributed by atoms with van der Waals surface area (Å²) in [6.45, 7) is 1.90. The van der Waals surface area contributed by atoms with Crippen LogP contribution in [0.15, 0.2) is 42.5 Å². The zero-order valence-corrected chi connectivity index (χ0v) is 11.8. The predicted molar refractivity (Wildman–Crippen MR) is 77.5 cm³/mol. The van der Waals surface area contributed by atoms with Gasteiger partial charge in [-0.2, -0.15) is 0 Å². The fraction of sp³-hybridized carbons (Fsp3) is 0.133. The number of ketones is 1. The van der Waals surface area contributed by atoms with E-state index >= 15 is 0 Å². The molecule has 2 rings (SSSR count). The van der Waals surface area contributed by atoms with Crippen LogP contribution in [0.4, 0.5) is 0 Å². The number of hydrogen-bond acceptors (Lipinski definition) is 2. The summed E-state index contributed by atoms with van der Waals surface area (Å²) >= 11 is 11.8. The minimum Gasteiger partial charge on any atom is -0.484 e. The molecule has 2 aromatic rings. The van der Waals surface area contributed by atoms with Crippen LogP contribution in [0.25, 0.3) is 0 Å². The molecule has 0 aromatic heterocycles. The molecule has 0 aliphatic carbocycles. The number of hydrogen-bond donors (Lipinski definition) is 0. The first-order chi connectivity index (χ1) is 9.08. The highest BCUT2D eigenvalue weighted by Gasteiger charge is 2.09. The Kier molecular flexibility index (Phi) is 4.46. The lowest BCUT2D eigenvalue weighted by Crippen LogP contribution is -2.11. The van der Waals surface area contributed by atoms with Crippen LogP contribution in [0, 0.1) is 6.92 Å². The summed E-state index contributed by atoms with van der Waals surface area (Å²) in [4.78, 5) is 11.9. The fourth-order valence-electron chi connectivity index (χ4n) is 1.56. The van der Waals surface area contributed by atoms with Gasteiger partial charge in [0.1, 0.15) is 10.8 Å². The maximum atomic E-state index is 11.9. The first kappa shape index (κ1) is 13.9. The number of aryl methyl sites for hydroxylation is 1. The molecular weight excluding hydrogens is 283 g/mol. The minimum atomic E-state index is -0.101. The van der Waals surface area contributed by atoms with Gasteiger partial charge in [0, 0.05) is 5.56 Å². The molecule has 0 fully saturated rings. The molecule has 4 heteroatoms. The molecule has 0 saturated carbocycles. The molecule has 0 N–H and O–H groups in total. The third-order valence-corrected chi connectivity index (χ3v) is 3.45. The Morgan fingerprint density at radius 2 is 1.79 bits per heavy atom. The van der Waals surface area contributed by atoms with E-state index in [1.165, 1.54) is 0 Å². The van der Waals surface area contributed by atoms with Gasteiger partial charge in [-0.15, -0.1) is 0 Å². The van der Waals surface area contributed by atoms with Gasteiger partial charge in [0.15, 0.2) is 12.4 Å². The third kappa shape index (κ3) is 3.49. The number of ether oxygens (including phenoxy) is 1. The number of Topliss-reactive ketones (excluding diaryl/α,β-unsaturated/α-hetero) is 1. The summed E-state index contributed by atoms with van der Waals surface area (Å²) in [5.41, 5.74) is 1.72. The molecule has 0 heterocycles. The molecule has 0 spiro atoms. The van der Waals surface area contributed by atoms with E-state index in [0.717, 1.165) is 5.56 Å². The summed E-state index contributed by atoms with van der Waals surface area (Å²) < 4.78 is 5.40. The van der Waals surface area contributed by atoms with Crippen LogP contribution in [-0.4, -0.2) is 12.4 Å². The third-order valence-electron chi connectivity index (χ3n) is 2.65. The van der Waals surface area contributed by atoms with Gasteiger partial charge in [-0.25, -0.2) is 0 Å². The summed E-state index contributed by atoms with van der Waals surface area (Å²) in [5, 5.41) is 0.725. The molecule has 2 aromatic carbocycles. The summed E-state index contributed by atoms with van der Waals surface area (Å²) in [6.07, 6.45) is 0. The summed E-state index contributed by atoms with van der Waals surface area (Å²) in [6, 6.07) is 12.4. The van der Waals surface area contributed by atoms with Crippen LogP contribution in [0.5, 0.6) is 5.75 Å². The SMILES string of the molecule is Cc1ccc(C(=O)COc2cccc(Cl)c2Cl)cc1. The Labute approximate surface area is 121 Å². The molecule has 0 atom stereocenters. The molecular formula is C15H12Cl2O2. The molecule has 0 amide bonds. The van der Waals surface area contributed by atoms with Crippen LogP contribution < -0.4 is 4.74 Å². The van der Waals surface area contributed by atoms with Crippen molar-refractivity contribution in [3.8, 4) is 5.75 Å². The molecule has 2 nitrogen and oxygen atoms in total. The monoisotopic (exact) mass is 294 g/mol. The van der Waals surface area contributed by atoms with E-state index in [4.69, 9.17) is 27.9 Å². The van der Waals surface area contributed by atoms with E-state index in [1.807, 2.05) is 19.1 Å². The summed E-state index contributed by atoms with van der Waals surface area (Å²) in [5.74, 6) is 0.311. The Balaban J connectivity index is 2.04. The van der Waals surface area contributed by atoms with Gasteiger partial charge in [0.2, 0.25) is 0 Å². The minimum absolute atomic E-state index is 0.0663. The topological polar surface area (TPSA) is 26.3 Å². The smallest absolute Gasteiger partial charge is 0.200 e. The van der Waals surface area contributed by atoms with Crippen molar-refractivity contribution in [2.45, 2.75) is 6.92 Å². The lowest BCUT2D eigenvalue weighted by Gasteiger charge is -2.08. The highest BCUT2D eigenvalue weighted by molar-refractivity contribution is 6.42. The predicted octanol–water partition coefficient (Wildman–Crippen LogP) is 4.56. The Morgan fingerprint density at radius 3 is 2.47 bits per heavy atom. The van der Waals surface area contributed by atoms with Gasteiger partial charge in [0.05, 0.1) is 5.02 Å². The van der Waals surface area contributed by atoms with Crippen molar-refractivity contribution in [3.05, 3.63) is 63.6 Å². The average Bonchev–Trinajstić information content (AvgIpc) is 2.41. The lowest BCUT2D eigenvalue weighted by atomic mass is 10.1. The molecule has 0 bridgehead atoms. The second-order valence-electron chi connectivity index (χ2n) is 4.13. The number of carbonyl (C=O) groups is 1. The number of benzene rings is 2. The maximum Gasteiger partial charge on any atom is 0.200 e. The van der Waals surface area contributed by atoms with Crippen molar-refractivity contribution < 1.29 is 9.53 Å². The van der Waals surface area contributed by atoms with Crippen molar-refractivity contribution >= 4 is 29.0 Å². The second-order valence-corrected chi connectivity index (χ2v) is 4.91. The first-order valence-electron chi connectivity index (χ1n) is 5.74. The first-order valence-corrected chi connectivity index (χ1v) is 6.50. The Morgan fingerprint density at radius 1 is 1.11 bits per heavy atom. The number of halogens is 2. The van der Waals surface area contributed by atoms with E-state index in [2.05, 4.69) is 0 Å². The highest BCUT2D eigenvalue weighted by Crippen LogP contribution is 2.31. The van der Waals surface area contributed by atoms with Crippen molar-refractivity contribution in [2.75, 3.05) is 6.61 Å². The Bertz CT molecular complexity index is 592. The van der Waals surface area contributed by atoms with E-state index in [9.17, 15) is 4.79 Å². The quantitative estimate of drug-likeness (QED) is 0.773. The van der Waals surface area contributed by atoms with E-state index in [0.29, 0.717) is 21.4 Å². The average molecular weight is 295 g/mol. The van der Waals surface area contributed by atoms with Gasteiger partial charge in [-0.1, -0.05) is 59.1 Å². The van der Waals surface area contributed by atoms with Crippen molar-refractivity contribution in [1.29, 1.82) is 0 Å². The normalized spacial score (nSPS) is 10.3. The zero-order chi connectivity index (χ0) is 13.8. The number of carbonyl (C=O) groups excluding carboxylic acids is 1. The molecule has 0 saturated heterocycles. The summed E-state index contributed by atoms with van der Waals surface area (Å²) in [7, 11) is 0. The molecule has 0 aliphatic rings.